The lowest BCUT2D eigenvalue weighted by Crippen LogP contribution is -2.31. The van der Waals surface area contributed by atoms with E-state index in [4.69, 9.17) is 4.42 Å². The maximum absolute atomic E-state index is 12.4. The van der Waals surface area contributed by atoms with E-state index in [1.807, 2.05) is 11.8 Å². The Bertz CT molecular complexity index is 601. The molecule has 1 amide bonds. The van der Waals surface area contributed by atoms with Gasteiger partial charge in [-0.15, -0.1) is 0 Å². The molecule has 1 saturated heterocycles. The monoisotopic (exact) mass is 260 g/mol. The van der Waals surface area contributed by atoms with E-state index in [0.29, 0.717) is 11.6 Å². The number of carbonyl (C=O) groups excluding carboxylic acids is 1. The summed E-state index contributed by atoms with van der Waals surface area (Å²) >= 11 is 0. The molecule has 0 spiro atoms. The Kier molecular flexibility index (Phi) is 2.85. The Morgan fingerprint density at radius 2 is 2.37 bits per heavy atom. The summed E-state index contributed by atoms with van der Waals surface area (Å²) in [7, 11) is 0. The molecule has 0 aliphatic carbocycles. The first-order chi connectivity index (χ1) is 9.16. The number of oxazole rings is 1. The van der Waals surface area contributed by atoms with Crippen LogP contribution in [0.25, 0.3) is 0 Å². The number of hydrogen-bond donors (Lipinski definition) is 1. The fourth-order valence-corrected chi connectivity index (χ4v) is 2.61. The molecule has 6 heteroatoms. The molecule has 0 saturated carbocycles. The zero-order valence-corrected chi connectivity index (χ0v) is 11.0. The van der Waals surface area contributed by atoms with Gasteiger partial charge in [-0.2, -0.15) is 5.10 Å². The van der Waals surface area contributed by atoms with Gasteiger partial charge in [-0.25, -0.2) is 4.98 Å². The van der Waals surface area contributed by atoms with Crippen LogP contribution in [0.5, 0.6) is 0 Å². The summed E-state index contributed by atoms with van der Waals surface area (Å²) in [5.41, 5.74) is 2.48. The standard InChI is InChI=1S/C13H16N4O2/c1-8-6-14-16-12(8)11-4-3-5-17(11)13(18)10-7-19-9(2)15-10/h6-7,11H,3-5H2,1-2H3,(H,14,16). The van der Waals surface area contributed by atoms with Crippen molar-refractivity contribution in [3.8, 4) is 0 Å². The first-order valence-corrected chi connectivity index (χ1v) is 6.40. The first-order valence-electron chi connectivity index (χ1n) is 6.40. The highest BCUT2D eigenvalue weighted by Gasteiger charge is 2.33. The number of aryl methyl sites for hydroxylation is 2. The Morgan fingerprint density at radius 3 is 3.00 bits per heavy atom. The number of carbonyl (C=O) groups is 1. The molecule has 1 unspecified atom stereocenters. The molecule has 3 heterocycles. The van der Waals surface area contributed by atoms with Crippen LogP contribution >= 0.6 is 0 Å². The van der Waals surface area contributed by atoms with E-state index in [1.54, 1.807) is 13.1 Å². The molecule has 1 fully saturated rings. The molecule has 100 valence electrons. The SMILES string of the molecule is Cc1nc(C(=O)N2CCCC2c2[nH]ncc2C)co1. The average Bonchev–Trinajstić information content (AvgIpc) is 3.07. The van der Waals surface area contributed by atoms with E-state index in [-0.39, 0.29) is 11.9 Å². The second-order valence-corrected chi connectivity index (χ2v) is 4.88. The Morgan fingerprint density at radius 1 is 1.53 bits per heavy atom. The number of likely N-dealkylation sites (tertiary alicyclic amines) is 1. The van der Waals surface area contributed by atoms with Gasteiger partial charge in [0.15, 0.2) is 11.6 Å². The third-order valence-corrected chi connectivity index (χ3v) is 3.55. The molecule has 1 aliphatic heterocycles. The van der Waals surface area contributed by atoms with Crippen LogP contribution in [0.15, 0.2) is 16.9 Å². The van der Waals surface area contributed by atoms with Crippen LogP contribution in [0.3, 0.4) is 0 Å². The minimum Gasteiger partial charge on any atom is -0.448 e. The van der Waals surface area contributed by atoms with Crippen LogP contribution in [0.4, 0.5) is 0 Å². The summed E-state index contributed by atoms with van der Waals surface area (Å²) < 4.78 is 5.12. The Balaban J connectivity index is 1.88. The maximum Gasteiger partial charge on any atom is 0.276 e. The third-order valence-electron chi connectivity index (χ3n) is 3.55. The highest BCUT2D eigenvalue weighted by molar-refractivity contribution is 5.92. The summed E-state index contributed by atoms with van der Waals surface area (Å²) in [5.74, 6) is 0.435. The van der Waals surface area contributed by atoms with Gasteiger partial charge in [-0.1, -0.05) is 0 Å². The minimum atomic E-state index is -0.0756. The summed E-state index contributed by atoms with van der Waals surface area (Å²) in [5, 5.41) is 7.04. The van der Waals surface area contributed by atoms with Crippen LogP contribution in [0.1, 0.15) is 46.5 Å². The predicted molar refractivity (Wildman–Crippen MR) is 67.6 cm³/mol. The minimum absolute atomic E-state index is 0.0620. The van der Waals surface area contributed by atoms with Crippen molar-refractivity contribution in [2.45, 2.75) is 32.7 Å². The van der Waals surface area contributed by atoms with E-state index in [0.717, 1.165) is 30.6 Å². The topological polar surface area (TPSA) is 75.0 Å². The molecule has 2 aromatic rings. The summed E-state index contributed by atoms with van der Waals surface area (Å²) in [6, 6.07) is 0.0620. The fourth-order valence-electron chi connectivity index (χ4n) is 2.61. The number of aromatic amines is 1. The van der Waals surface area contributed by atoms with Gasteiger partial charge < -0.3 is 9.32 Å². The van der Waals surface area contributed by atoms with Gasteiger partial charge in [0.1, 0.15) is 6.26 Å². The molecule has 19 heavy (non-hydrogen) atoms. The zero-order valence-electron chi connectivity index (χ0n) is 11.0. The van der Waals surface area contributed by atoms with Crippen LogP contribution < -0.4 is 0 Å². The predicted octanol–water partition coefficient (Wildman–Crippen LogP) is 1.99. The van der Waals surface area contributed by atoms with Crippen molar-refractivity contribution in [1.29, 1.82) is 0 Å². The summed E-state index contributed by atoms with van der Waals surface area (Å²) in [6.07, 6.45) is 5.15. The van der Waals surface area contributed by atoms with Crippen LogP contribution in [-0.2, 0) is 0 Å². The summed E-state index contributed by atoms with van der Waals surface area (Å²) in [6.45, 7) is 4.48. The zero-order chi connectivity index (χ0) is 13.4. The smallest absolute Gasteiger partial charge is 0.276 e. The van der Waals surface area contributed by atoms with E-state index in [1.165, 1.54) is 6.26 Å². The van der Waals surface area contributed by atoms with E-state index >= 15 is 0 Å². The second-order valence-electron chi connectivity index (χ2n) is 4.88. The number of nitrogens with one attached hydrogen (secondary N) is 1. The van der Waals surface area contributed by atoms with E-state index in [2.05, 4.69) is 15.2 Å². The van der Waals surface area contributed by atoms with Crippen molar-refractivity contribution in [3.63, 3.8) is 0 Å². The largest absolute Gasteiger partial charge is 0.448 e. The van der Waals surface area contributed by atoms with E-state index in [9.17, 15) is 4.79 Å². The van der Waals surface area contributed by atoms with Gasteiger partial charge in [0.2, 0.25) is 0 Å². The van der Waals surface area contributed by atoms with Crippen molar-refractivity contribution in [2.75, 3.05) is 6.54 Å². The number of nitrogens with zero attached hydrogens (tertiary/aromatic N) is 3. The molecule has 2 aromatic heterocycles. The quantitative estimate of drug-likeness (QED) is 0.896. The molecule has 3 rings (SSSR count). The van der Waals surface area contributed by atoms with Crippen molar-refractivity contribution in [1.82, 2.24) is 20.1 Å². The molecule has 6 nitrogen and oxygen atoms in total. The maximum atomic E-state index is 12.4. The number of rotatable bonds is 2. The van der Waals surface area contributed by atoms with Crippen molar-refractivity contribution in [2.24, 2.45) is 0 Å². The number of H-pyrrole nitrogens is 1. The van der Waals surface area contributed by atoms with Gasteiger partial charge >= 0.3 is 0 Å². The number of amides is 1. The van der Waals surface area contributed by atoms with Crippen molar-refractivity contribution >= 4 is 5.91 Å². The molecule has 1 atom stereocenters. The lowest BCUT2D eigenvalue weighted by molar-refractivity contribution is 0.0726. The number of aromatic nitrogens is 3. The van der Waals surface area contributed by atoms with Crippen LogP contribution in [0, 0.1) is 13.8 Å². The highest BCUT2D eigenvalue weighted by Crippen LogP contribution is 2.33. The molecule has 0 bridgehead atoms. The van der Waals surface area contributed by atoms with Gasteiger partial charge in [-0.3, -0.25) is 9.89 Å². The Labute approximate surface area is 110 Å². The Hall–Kier alpha value is -2.11. The lowest BCUT2D eigenvalue weighted by atomic mass is 10.1. The van der Waals surface area contributed by atoms with Crippen molar-refractivity contribution < 1.29 is 9.21 Å². The number of hydrogen-bond acceptors (Lipinski definition) is 4. The molecule has 1 N–H and O–H groups in total. The normalized spacial score (nSPS) is 19.1. The molecular formula is C13H16N4O2. The lowest BCUT2D eigenvalue weighted by Gasteiger charge is -2.23. The van der Waals surface area contributed by atoms with Gasteiger partial charge in [0.25, 0.3) is 5.91 Å². The fraction of sp³-hybridized carbons (Fsp3) is 0.462. The van der Waals surface area contributed by atoms with Crippen LogP contribution in [-0.4, -0.2) is 32.5 Å². The average molecular weight is 260 g/mol. The second kappa shape index (κ2) is 4.53. The van der Waals surface area contributed by atoms with Crippen molar-refractivity contribution in [3.05, 3.63) is 35.3 Å². The molecule has 0 aromatic carbocycles. The molecular weight excluding hydrogens is 244 g/mol. The van der Waals surface area contributed by atoms with Gasteiger partial charge in [0, 0.05) is 13.5 Å². The van der Waals surface area contributed by atoms with Crippen LogP contribution in [0.2, 0.25) is 0 Å². The molecule has 0 radical (unpaired) electrons. The third kappa shape index (κ3) is 2.03. The van der Waals surface area contributed by atoms with E-state index < -0.39 is 0 Å². The molecule has 1 aliphatic rings. The van der Waals surface area contributed by atoms with Gasteiger partial charge in [-0.05, 0) is 25.3 Å². The van der Waals surface area contributed by atoms with Gasteiger partial charge in [0.05, 0.1) is 17.9 Å². The first kappa shape index (κ1) is 12.0. The highest BCUT2D eigenvalue weighted by atomic mass is 16.3. The summed E-state index contributed by atoms with van der Waals surface area (Å²) in [4.78, 5) is 18.4.